The van der Waals surface area contributed by atoms with E-state index >= 15 is 0 Å². The second-order valence-corrected chi connectivity index (χ2v) is 8.87. The lowest BCUT2D eigenvalue weighted by Gasteiger charge is -2.25. The number of rotatable bonds is 9. The molecule has 0 unspecified atom stereocenters. The van der Waals surface area contributed by atoms with Crippen molar-refractivity contribution >= 4 is 30.7 Å². The van der Waals surface area contributed by atoms with Crippen molar-refractivity contribution in [2.45, 2.75) is 44.9 Å². The lowest BCUT2D eigenvalue weighted by Crippen LogP contribution is -2.33. The number of carbonyl (C=O) groups is 1. The molecule has 1 fully saturated rings. The average molecular weight is 451 g/mol. The second kappa shape index (κ2) is 10.7. The minimum atomic E-state index is -0.749. The van der Waals surface area contributed by atoms with E-state index in [0.29, 0.717) is 48.8 Å². The van der Waals surface area contributed by atoms with Crippen LogP contribution in [-0.4, -0.2) is 58.2 Å². The first kappa shape index (κ1) is 23.1. The van der Waals surface area contributed by atoms with Gasteiger partial charge in [-0.25, -0.2) is 9.37 Å². The van der Waals surface area contributed by atoms with Crippen molar-refractivity contribution < 1.29 is 14.3 Å². The molecule has 1 amide bonds. The number of phenolic OH excluding ortho intramolecular Hbond substituents is 1. The summed E-state index contributed by atoms with van der Waals surface area (Å²) in [5.74, 6) is 1.21. The Balaban J connectivity index is 1.40. The van der Waals surface area contributed by atoms with E-state index in [1.165, 1.54) is 24.2 Å². The number of halogens is 1. The zero-order valence-corrected chi connectivity index (χ0v) is 19.1. The molecule has 1 aliphatic rings. The zero-order chi connectivity index (χ0) is 23.2. The fourth-order valence-corrected chi connectivity index (χ4v) is 4.53. The predicted molar refractivity (Wildman–Crippen MR) is 130 cm³/mol. The van der Waals surface area contributed by atoms with Gasteiger partial charge in [0.2, 0.25) is 5.91 Å². The molecule has 0 saturated heterocycles. The predicted octanol–water partition coefficient (Wildman–Crippen LogP) is 2.89. The van der Waals surface area contributed by atoms with Crippen LogP contribution < -0.4 is 10.8 Å². The quantitative estimate of drug-likeness (QED) is 0.297. The normalized spacial score (nSPS) is 14.5. The first-order valence-corrected chi connectivity index (χ1v) is 11.8. The summed E-state index contributed by atoms with van der Waals surface area (Å²) in [6.45, 7) is 0.167. The molecule has 33 heavy (non-hydrogen) atoms. The monoisotopic (exact) mass is 451 g/mol. The number of aromatic hydroxyl groups is 1. The number of phenols is 1. The molecule has 2 N–H and O–H groups in total. The molecule has 2 heterocycles. The van der Waals surface area contributed by atoms with Crippen molar-refractivity contribution in [3.05, 3.63) is 36.5 Å². The number of benzene rings is 1. The summed E-state index contributed by atoms with van der Waals surface area (Å²) in [6.07, 6.45) is 8.56. The van der Waals surface area contributed by atoms with Gasteiger partial charge in [-0.1, -0.05) is 31.4 Å². The Morgan fingerprint density at radius 3 is 2.82 bits per heavy atom. The highest BCUT2D eigenvalue weighted by atomic mass is 19.1. The molecule has 4 rings (SSSR count). The van der Waals surface area contributed by atoms with Gasteiger partial charge in [0, 0.05) is 37.3 Å². The van der Waals surface area contributed by atoms with Crippen LogP contribution >= 0.6 is 0 Å². The largest absolute Gasteiger partial charge is 0.507 e. The number of nitrogens with one attached hydrogen (secondary N) is 1. The van der Waals surface area contributed by atoms with Gasteiger partial charge in [-0.05, 0) is 42.8 Å². The van der Waals surface area contributed by atoms with Gasteiger partial charge in [0.05, 0.1) is 5.69 Å². The van der Waals surface area contributed by atoms with E-state index in [2.05, 4.69) is 15.4 Å². The van der Waals surface area contributed by atoms with E-state index in [1.807, 2.05) is 26.0 Å². The summed E-state index contributed by atoms with van der Waals surface area (Å²) in [4.78, 5) is 18.5. The zero-order valence-electron chi connectivity index (χ0n) is 19.1. The molecular formula is C24H31BFN5O2. The molecule has 3 aromatic rings. The average Bonchev–Trinajstić information content (AvgIpc) is 3.20. The molecule has 174 valence electrons. The highest BCUT2D eigenvalue weighted by Gasteiger charge is 2.21. The number of amides is 1. The van der Waals surface area contributed by atoms with Crippen LogP contribution in [0.4, 0.5) is 10.2 Å². The SMILES string of the molecule is Bc1cnn2c(NCCCN(CF)C(=O)CC3CCCCC3)cc(-c3ccccc3O)nc12. The molecule has 7 nitrogen and oxygen atoms in total. The van der Waals surface area contributed by atoms with Crippen LogP contribution in [0, 0.1) is 5.92 Å². The third-order valence-electron chi connectivity index (χ3n) is 6.42. The van der Waals surface area contributed by atoms with Crippen molar-refractivity contribution in [3.63, 3.8) is 0 Å². The Bertz CT molecular complexity index is 1100. The Hall–Kier alpha value is -3.10. The van der Waals surface area contributed by atoms with Gasteiger partial charge >= 0.3 is 0 Å². The van der Waals surface area contributed by atoms with Crippen LogP contribution in [0.25, 0.3) is 16.9 Å². The van der Waals surface area contributed by atoms with E-state index in [9.17, 15) is 14.3 Å². The summed E-state index contributed by atoms with van der Waals surface area (Å²) in [5.41, 5.74) is 2.90. The fourth-order valence-electron chi connectivity index (χ4n) is 4.53. The van der Waals surface area contributed by atoms with Crippen LogP contribution in [0.3, 0.4) is 0 Å². The maximum absolute atomic E-state index is 13.5. The number of anilines is 1. The molecule has 1 aromatic carbocycles. The minimum Gasteiger partial charge on any atom is -0.507 e. The number of hydrogen-bond acceptors (Lipinski definition) is 5. The van der Waals surface area contributed by atoms with Gasteiger partial charge in [0.25, 0.3) is 0 Å². The number of aromatic nitrogens is 3. The highest BCUT2D eigenvalue weighted by molar-refractivity contribution is 6.36. The van der Waals surface area contributed by atoms with Crippen molar-refractivity contribution in [1.29, 1.82) is 0 Å². The number of para-hydroxylation sites is 1. The van der Waals surface area contributed by atoms with Crippen LogP contribution in [0.15, 0.2) is 36.5 Å². The lowest BCUT2D eigenvalue weighted by molar-refractivity contribution is -0.134. The van der Waals surface area contributed by atoms with Gasteiger partial charge in [0.1, 0.15) is 19.4 Å². The van der Waals surface area contributed by atoms with Crippen molar-refractivity contribution in [1.82, 2.24) is 19.5 Å². The summed E-state index contributed by atoms with van der Waals surface area (Å²) in [5, 5.41) is 18.0. The number of fused-ring (bicyclic) bond motifs is 1. The van der Waals surface area contributed by atoms with Crippen molar-refractivity contribution in [2.75, 3.05) is 25.2 Å². The maximum Gasteiger partial charge on any atom is 0.224 e. The Kier molecular flexibility index (Phi) is 7.47. The molecule has 0 radical (unpaired) electrons. The maximum atomic E-state index is 13.5. The molecule has 0 aliphatic heterocycles. The van der Waals surface area contributed by atoms with Crippen LogP contribution in [0.1, 0.15) is 44.9 Å². The van der Waals surface area contributed by atoms with Crippen LogP contribution in [0.5, 0.6) is 5.75 Å². The third kappa shape index (κ3) is 5.46. The van der Waals surface area contributed by atoms with Crippen molar-refractivity contribution in [3.8, 4) is 17.0 Å². The number of alkyl halides is 1. The van der Waals surface area contributed by atoms with Crippen LogP contribution in [0.2, 0.25) is 0 Å². The summed E-state index contributed by atoms with van der Waals surface area (Å²) in [6, 6.07) is 8.92. The number of hydrogen-bond donors (Lipinski definition) is 2. The minimum absolute atomic E-state index is 0.0831. The Labute approximate surface area is 194 Å². The number of carbonyl (C=O) groups excluding carboxylic acids is 1. The molecular weight excluding hydrogens is 420 g/mol. The Morgan fingerprint density at radius 2 is 2.06 bits per heavy atom. The molecule has 1 aliphatic carbocycles. The molecule has 0 bridgehead atoms. The van der Waals surface area contributed by atoms with Gasteiger partial charge in [0.15, 0.2) is 12.4 Å². The van der Waals surface area contributed by atoms with E-state index < -0.39 is 6.80 Å². The van der Waals surface area contributed by atoms with E-state index in [1.54, 1.807) is 22.8 Å². The Morgan fingerprint density at radius 1 is 1.27 bits per heavy atom. The molecule has 2 aromatic heterocycles. The van der Waals surface area contributed by atoms with E-state index in [4.69, 9.17) is 0 Å². The van der Waals surface area contributed by atoms with Gasteiger partial charge < -0.3 is 15.3 Å². The van der Waals surface area contributed by atoms with Crippen LogP contribution in [-0.2, 0) is 4.79 Å². The topological polar surface area (TPSA) is 82.8 Å². The lowest BCUT2D eigenvalue weighted by atomic mass is 9.87. The van der Waals surface area contributed by atoms with E-state index in [0.717, 1.165) is 24.1 Å². The standard InChI is InChI=1S/C24H31BFN5O2/c25-19-15-28-31-22(14-20(29-24(19)31)18-9-4-5-10-21(18)32)27-11-6-12-30(16-26)23(33)13-17-7-2-1-3-8-17/h4-5,9-10,14-15,17,27,32H,1-3,6-8,11-13,16,25H2. The fraction of sp³-hybridized carbons (Fsp3) is 0.458. The van der Waals surface area contributed by atoms with Gasteiger partial charge in [-0.15, -0.1) is 0 Å². The summed E-state index contributed by atoms with van der Waals surface area (Å²) in [7, 11) is 1.94. The van der Waals surface area contributed by atoms with E-state index in [-0.39, 0.29) is 11.7 Å². The first-order chi connectivity index (χ1) is 16.1. The van der Waals surface area contributed by atoms with Gasteiger partial charge in [-0.2, -0.15) is 9.61 Å². The highest BCUT2D eigenvalue weighted by Crippen LogP contribution is 2.29. The van der Waals surface area contributed by atoms with Crippen molar-refractivity contribution in [2.24, 2.45) is 5.92 Å². The van der Waals surface area contributed by atoms with Gasteiger partial charge in [-0.3, -0.25) is 4.79 Å². The second-order valence-electron chi connectivity index (χ2n) is 8.87. The summed E-state index contributed by atoms with van der Waals surface area (Å²) < 4.78 is 15.3. The molecule has 0 atom stereocenters. The molecule has 0 spiro atoms. The summed E-state index contributed by atoms with van der Waals surface area (Å²) >= 11 is 0. The third-order valence-corrected chi connectivity index (χ3v) is 6.42. The smallest absolute Gasteiger partial charge is 0.224 e. The first-order valence-electron chi connectivity index (χ1n) is 11.8. The molecule has 1 saturated carbocycles. The number of nitrogens with zero attached hydrogens (tertiary/aromatic N) is 4. The molecule has 9 heteroatoms.